The van der Waals surface area contributed by atoms with Crippen LogP contribution in [0, 0.1) is 24.2 Å². The first kappa shape index (κ1) is 19.8. The second-order valence-electron chi connectivity index (χ2n) is 8.66. The number of nitrogens with zero attached hydrogens (tertiary/aromatic N) is 4. The lowest BCUT2D eigenvalue weighted by atomic mass is 9.95. The van der Waals surface area contributed by atoms with Crippen molar-refractivity contribution in [3.8, 4) is 6.07 Å². The predicted molar refractivity (Wildman–Crippen MR) is 120 cm³/mol. The average Bonchev–Trinajstić information content (AvgIpc) is 3.51. The predicted octanol–water partition coefficient (Wildman–Crippen LogP) is 2.91. The van der Waals surface area contributed by atoms with Gasteiger partial charge in [0.05, 0.1) is 23.9 Å². The number of anilines is 3. The summed E-state index contributed by atoms with van der Waals surface area (Å²) in [5.41, 5.74) is 4.51. The lowest BCUT2D eigenvalue weighted by molar-refractivity contribution is 0.0883. The molecule has 8 nitrogen and oxygen atoms in total. The van der Waals surface area contributed by atoms with Crippen LogP contribution in [0.15, 0.2) is 30.5 Å². The fraction of sp³-hybridized carbons (Fsp3) is 0.435. The van der Waals surface area contributed by atoms with Gasteiger partial charge in [-0.05, 0) is 62.4 Å². The monoisotopic (exact) mass is 417 g/mol. The molecular formula is C23H27N7O. The number of nitriles is 1. The van der Waals surface area contributed by atoms with E-state index in [1.807, 2.05) is 41.9 Å². The van der Waals surface area contributed by atoms with Gasteiger partial charge in [0.15, 0.2) is 5.65 Å². The summed E-state index contributed by atoms with van der Waals surface area (Å²) in [6, 6.07) is 9.87. The second kappa shape index (κ2) is 8.17. The summed E-state index contributed by atoms with van der Waals surface area (Å²) in [6.45, 7) is 4.20. The number of aliphatic hydroxyl groups is 1. The summed E-state index contributed by atoms with van der Waals surface area (Å²) in [5, 5.41) is 34.3. The van der Waals surface area contributed by atoms with Crippen molar-refractivity contribution in [2.24, 2.45) is 5.92 Å². The summed E-state index contributed by atoms with van der Waals surface area (Å²) < 4.78 is 1.84. The number of hydrogen-bond acceptors (Lipinski definition) is 7. The first-order valence-electron chi connectivity index (χ1n) is 10.9. The molecule has 0 spiro atoms. The van der Waals surface area contributed by atoms with Crippen LogP contribution in [-0.4, -0.2) is 45.4 Å². The van der Waals surface area contributed by atoms with Crippen molar-refractivity contribution in [2.75, 3.05) is 30.3 Å². The van der Waals surface area contributed by atoms with Gasteiger partial charge < -0.3 is 21.1 Å². The molecule has 1 saturated heterocycles. The largest absolute Gasteiger partial charge is 0.391 e. The molecular weight excluding hydrogens is 390 g/mol. The van der Waals surface area contributed by atoms with Crippen LogP contribution >= 0.6 is 0 Å². The van der Waals surface area contributed by atoms with E-state index in [0.717, 1.165) is 41.5 Å². The average molecular weight is 418 g/mol. The lowest BCUT2D eigenvalue weighted by Crippen LogP contribution is -2.43. The van der Waals surface area contributed by atoms with Crippen molar-refractivity contribution in [1.82, 2.24) is 19.9 Å². The third kappa shape index (κ3) is 4.20. The topological polar surface area (TPSA) is 110 Å². The van der Waals surface area contributed by atoms with E-state index in [4.69, 9.17) is 4.98 Å². The van der Waals surface area contributed by atoms with Crippen LogP contribution in [0.4, 0.5) is 17.3 Å². The van der Waals surface area contributed by atoms with Crippen LogP contribution in [0.3, 0.4) is 0 Å². The Morgan fingerprint density at radius 3 is 2.90 bits per heavy atom. The highest BCUT2D eigenvalue weighted by atomic mass is 16.3. The molecule has 8 heteroatoms. The molecule has 2 fully saturated rings. The van der Waals surface area contributed by atoms with Gasteiger partial charge in [0.25, 0.3) is 0 Å². The van der Waals surface area contributed by atoms with Gasteiger partial charge in [0.2, 0.25) is 0 Å². The summed E-state index contributed by atoms with van der Waals surface area (Å²) in [7, 11) is 0. The molecule has 2 aromatic heterocycles. The van der Waals surface area contributed by atoms with Crippen LogP contribution in [0.2, 0.25) is 0 Å². The molecule has 0 bridgehead atoms. The zero-order valence-corrected chi connectivity index (χ0v) is 17.6. The van der Waals surface area contributed by atoms with Crippen molar-refractivity contribution in [3.05, 3.63) is 47.2 Å². The fourth-order valence-corrected chi connectivity index (χ4v) is 4.28. The van der Waals surface area contributed by atoms with Gasteiger partial charge in [0.1, 0.15) is 11.6 Å². The molecule has 2 aliphatic rings. The normalized spacial score (nSPS) is 21.1. The zero-order chi connectivity index (χ0) is 21.4. The van der Waals surface area contributed by atoms with Gasteiger partial charge in [-0.3, -0.25) is 0 Å². The van der Waals surface area contributed by atoms with Crippen molar-refractivity contribution < 1.29 is 5.11 Å². The van der Waals surface area contributed by atoms with Gasteiger partial charge in [-0.1, -0.05) is 0 Å². The molecule has 3 aromatic rings. The number of aromatic nitrogens is 3. The van der Waals surface area contributed by atoms with Crippen molar-refractivity contribution in [3.63, 3.8) is 0 Å². The summed E-state index contributed by atoms with van der Waals surface area (Å²) in [5.74, 6) is 2.28. The highest BCUT2D eigenvalue weighted by Crippen LogP contribution is 2.42. The van der Waals surface area contributed by atoms with E-state index in [-0.39, 0.29) is 12.0 Å². The Kier molecular flexibility index (Phi) is 5.22. The molecule has 0 radical (unpaired) electrons. The van der Waals surface area contributed by atoms with Crippen LogP contribution < -0.4 is 16.0 Å². The highest BCUT2D eigenvalue weighted by molar-refractivity contribution is 5.67. The number of rotatable bonds is 6. The van der Waals surface area contributed by atoms with Crippen LogP contribution in [0.25, 0.3) is 5.65 Å². The summed E-state index contributed by atoms with van der Waals surface area (Å²) in [6.07, 6.45) is 4.85. The maximum atomic E-state index is 10.3. The van der Waals surface area contributed by atoms with Crippen molar-refractivity contribution in [2.45, 2.75) is 38.2 Å². The summed E-state index contributed by atoms with van der Waals surface area (Å²) in [4.78, 5) is 4.86. The number of benzene rings is 1. The molecule has 1 aliphatic carbocycles. The van der Waals surface area contributed by atoms with E-state index in [1.165, 1.54) is 18.4 Å². The molecule has 2 atom stereocenters. The molecule has 5 rings (SSSR count). The minimum atomic E-state index is -0.351. The molecule has 1 aromatic carbocycles. The van der Waals surface area contributed by atoms with Crippen molar-refractivity contribution in [1.29, 1.82) is 5.26 Å². The number of fused-ring (bicyclic) bond motifs is 1. The fourth-order valence-electron chi connectivity index (χ4n) is 4.28. The molecule has 160 valence electrons. The Balaban J connectivity index is 1.47. The van der Waals surface area contributed by atoms with E-state index >= 15 is 0 Å². The lowest BCUT2D eigenvalue weighted by Gasteiger charge is -2.28. The van der Waals surface area contributed by atoms with Gasteiger partial charge in [-0.2, -0.15) is 14.9 Å². The van der Waals surface area contributed by atoms with E-state index in [9.17, 15) is 10.4 Å². The molecule has 31 heavy (non-hydrogen) atoms. The third-order valence-electron chi connectivity index (χ3n) is 6.13. The first-order chi connectivity index (χ1) is 15.1. The molecule has 0 amide bonds. The van der Waals surface area contributed by atoms with E-state index in [2.05, 4.69) is 27.1 Å². The molecule has 2 unspecified atom stereocenters. The van der Waals surface area contributed by atoms with Gasteiger partial charge >= 0.3 is 0 Å². The van der Waals surface area contributed by atoms with Gasteiger partial charge in [-0.25, -0.2) is 4.98 Å². The molecule has 3 heterocycles. The van der Waals surface area contributed by atoms with Crippen molar-refractivity contribution >= 4 is 23.0 Å². The summed E-state index contributed by atoms with van der Waals surface area (Å²) >= 11 is 0. The standard InChI is InChI=1S/C23H27N7O/c1-14-6-15(10-24)8-18(7-14)28-22-9-21(26-11-17-4-5-25-13-20(17)31)29-23-19(16-2-3-16)12-27-30(22)23/h6-9,12,16-17,20,25,28,31H,2-5,11,13H2,1H3,(H,26,29). The minimum Gasteiger partial charge on any atom is -0.391 e. The Morgan fingerprint density at radius 2 is 2.13 bits per heavy atom. The van der Waals surface area contributed by atoms with Crippen LogP contribution in [0.1, 0.15) is 41.9 Å². The quantitative estimate of drug-likeness (QED) is 0.488. The maximum absolute atomic E-state index is 10.3. The number of hydrogen-bond donors (Lipinski definition) is 4. The maximum Gasteiger partial charge on any atom is 0.163 e. The van der Waals surface area contributed by atoms with Crippen LogP contribution in [-0.2, 0) is 0 Å². The van der Waals surface area contributed by atoms with Crippen LogP contribution in [0.5, 0.6) is 0 Å². The first-order valence-corrected chi connectivity index (χ1v) is 10.9. The number of aliphatic hydroxyl groups excluding tert-OH is 1. The van der Waals surface area contributed by atoms with Gasteiger partial charge in [0, 0.05) is 36.3 Å². The molecule has 1 aliphatic heterocycles. The van der Waals surface area contributed by atoms with E-state index < -0.39 is 0 Å². The zero-order valence-electron chi connectivity index (χ0n) is 17.6. The second-order valence-corrected chi connectivity index (χ2v) is 8.66. The van der Waals surface area contributed by atoms with E-state index in [1.54, 1.807) is 0 Å². The molecule has 4 N–H and O–H groups in total. The Morgan fingerprint density at radius 1 is 1.26 bits per heavy atom. The Hall–Kier alpha value is -3.15. The smallest absolute Gasteiger partial charge is 0.163 e. The third-order valence-corrected chi connectivity index (χ3v) is 6.13. The highest BCUT2D eigenvalue weighted by Gasteiger charge is 2.28. The number of aryl methyl sites for hydroxylation is 1. The van der Waals surface area contributed by atoms with Gasteiger partial charge in [-0.15, -0.1) is 0 Å². The molecule has 1 saturated carbocycles. The SMILES string of the molecule is Cc1cc(C#N)cc(Nc2cc(NCC3CCNCC3O)nc3c(C4CC4)cnn23)c1. The minimum absolute atomic E-state index is 0.193. The number of piperidine rings is 1. The number of β-amino-alcohol motifs (C(OH)–C–C–N with tert-alkyl or cyclic N) is 1. The Labute approximate surface area is 181 Å². The van der Waals surface area contributed by atoms with E-state index in [0.29, 0.717) is 24.6 Å². The Bertz CT molecular complexity index is 1140. The number of nitrogens with one attached hydrogen (secondary N) is 3.